The standard InChI is InChI=1S/C11H21NO3S/c1-16(14,15)8-6-11(13)5-4-10-3-2-7-12-9-10/h10,12H,2-9H2,1H3. The van der Waals surface area contributed by atoms with Crippen molar-refractivity contribution in [3.05, 3.63) is 0 Å². The fraction of sp³-hybridized carbons (Fsp3) is 0.909. The summed E-state index contributed by atoms with van der Waals surface area (Å²) < 4.78 is 21.8. The number of carbonyl (C=O) groups excluding carboxylic acids is 1. The normalized spacial score (nSPS) is 21.9. The number of rotatable bonds is 6. The van der Waals surface area contributed by atoms with Crippen LogP contribution in [0.1, 0.15) is 32.1 Å². The summed E-state index contributed by atoms with van der Waals surface area (Å²) >= 11 is 0. The molecule has 0 aliphatic carbocycles. The van der Waals surface area contributed by atoms with Crippen LogP contribution in [0.4, 0.5) is 0 Å². The maximum Gasteiger partial charge on any atom is 0.147 e. The maximum atomic E-state index is 11.4. The van der Waals surface area contributed by atoms with Gasteiger partial charge in [-0.3, -0.25) is 4.79 Å². The Morgan fingerprint density at radius 1 is 1.38 bits per heavy atom. The summed E-state index contributed by atoms with van der Waals surface area (Å²) in [7, 11) is -3.00. The smallest absolute Gasteiger partial charge is 0.147 e. The van der Waals surface area contributed by atoms with Crippen molar-refractivity contribution >= 4 is 15.6 Å². The molecule has 0 aromatic rings. The fourth-order valence-corrected chi connectivity index (χ4v) is 2.56. The predicted molar refractivity (Wildman–Crippen MR) is 64.2 cm³/mol. The monoisotopic (exact) mass is 247 g/mol. The zero-order chi connectivity index (χ0) is 12.0. The molecule has 1 unspecified atom stereocenters. The summed E-state index contributed by atoms with van der Waals surface area (Å²) in [6.07, 6.45) is 5.15. The van der Waals surface area contributed by atoms with Crippen LogP contribution in [0.15, 0.2) is 0 Å². The molecular weight excluding hydrogens is 226 g/mol. The highest BCUT2D eigenvalue weighted by molar-refractivity contribution is 7.90. The van der Waals surface area contributed by atoms with Crippen LogP contribution in [-0.4, -0.2) is 39.3 Å². The minimum atomic E-state index is -3.00. The number of hydrogen-bond donors (Lipinski definition) is 1. The van der Waals surface area contributed by atoms with Crippen molar-refractivity contribution in [3.63, 3.8) is 0 Å². The third-order valence-corrected chi connectivity index (χ3v) is 3.93. The first-order valence-electron chi connectivity index (χ1n) is 5.87. The van der Waals surface area contributed by atoms with Gasteiger partial charge in [0.15, 0.2) is 0 Å². The van der Waals surface area contributed by atoms with Crippen molar-refractivity contribution in [2.45, 2.75) is 32.1 Å². The zero-order valence-electron chi connectivity index (χ0n) is 9.87. The average Bonchev–Trinajstić information content (AvgIpc) is 2.24. The Hall–Kier alpha value is -0.420. The molecule has 16 heavy (non-hydrogen) atoms. The highest BCUT2D eigenvalue weighted by Gasteiger charge is 2.15. The lowest BCUT2D eigenvalue weighted by molar-refractivity contribution is -0.119. The Bertz CT molecular complexity index is 318. The first kappa shape index (κ1) is 13.6. The van der Waals surface area contributed by atoms with Crippen molar-refractivity contribution in [2.24, 2.45) is 5.92 Å². The van der Waals surface area contributed by atoms with Gasteiger partial charge in [-0.15, -0.1) is 0 Å². The molecule has 1 heterocycles. The van der Waals surface area contributed by atoms with Gasteiger partial charge < -0.3 is 5.32 Å². The highest BCUT2D eigenvalue weighted by Crippen LogP contribution is 2.16. The third-order valence-electron chi connectivity index (χ3n) is 2.98. The van der Waals surface area contributed by atoms with E-state index in [1.54, 1.807) is 0 Å². The molecule has 4 nitrogen and oxygen atoms in total. The topological polar surface area (TPSA) is 63.2 Å². The van der Waals surface area contributed by atoms with Crippen LogP contribution in [-0.2, 0) is 14.6 Å². The van der Waals surface area contributed by atoms with Gasteiger partial charge in [-0.25, -0.2) is 8.42 Å². The molecule has 0 amide bonds. The van der Waals surface area contributed by atoms with Crippen LogP contribution in [0.3, 0.4) is 0 Å². The SMILES string of the molecule is CS(=O)(=O)CCC(=O)CCC1CCCNC1. The van der Waals surface area contributed by atoms with Gasteiger partial charge in [-0.1, -0.05) is 0 Å². The van der Waals surface area contributed by atoms with Crippen molar-refractivity contribution in [3.8, 4) is 0 Å². The van der Waals surface area contributed by atoms with Crippen molar-refractivity contribution in [1.82, 2.24) is 5.32 Å². The van der Waals surface area contributed by atoms with Gasteiger partial charge in [-0.05, 0) is 38.3 Å². The van der Waals surface area contributed by atoms with E-state index in [0.29, 0.717) is 12.3 Å². The Morgan fingerprint density at radius 3 is 2.69 bits per heavy atom. The molecule has 1 fully saturated rings. The van der Waals surface area contributed by atoms with E-state index in [4.69, 9.17) is 0 Å². The molecule has 0 aromatic heterocycles. The Kier molecular flexibility index (Phi) is 5.41. The van der Waals surface area contributed by atoms with Crippen LogP contribution in [0.2, 0.25) is 0 Å². The molecule has 1 aliphatic heterocycles. The number of carbonyl (C=O) groups is 1. The lowest BCUT2D eigenvalue weighted by Gasteiger charge is -2.22. The van der Waals surface area contributed by atoms with Gasteiger partial charge >= 0.3 is 0 Å². The summed E-state index contributed by atoms with van der Waals surface area (Å²) in [6, 6.07) is 0. The van der Waals surface area contributed by atoms with Gasteiger partial charge in [0, 0.05) is 19.1 Å². The lowest BCUT2D eigenvalue weighted by Crippen LogP contribution is -2.30. The zero-order valence-corrected chi connectivity index (χ0v) is 10.7. The number of hydrogen-bond acceptors (Lipinski definition) is 4. The predicted octanol–water partition coefficient (Wildman–Crippen LogP) is 0.770. The lowest BCUT2D eigenvalue weighted by atomic mass is 9.93. The van der Waals surface area contributed by atoms with E-state index in [1.807, 2.05) is 0 Å². The third kappa shape index (κ3) is 6.23. The van der Waals surface area contributed by atoms with E-state index in [9.17, 15) is 13.2 Å². The van der Waals surface area contributed by atoms with Gasteiger partial charge in [-0.2, -0.15) is 0 Å². The molecule has 0 aromatic carbocycles. The summed E-state index contributed by atoms with van der Waals surface area (Å²) in [6.45, 7) is 2.08. The van der Waals surface area contributed by atoms with Crippen LogP contribution >= 0.6 is 0 Å². The first-order valence-corrected chi connectivity index (χ1v) is 7.93. The molecule has 0 spiro atoms. The minimum Gasteiger partial charge on any atom is -0.316 e. The Labute approximate surface area is 97.7 Å². The summed E-state index contributed by atoms with van der Waals surface area (Å²) in [4.78, 5) is 11.4. The molecular formula is C11H21NO3S. The Morgan fingerprint density at radius 2 is 2.12 bits per heavy atom. The number of ketones is 1. The van der Waals surface area contributed by atoms with E-state index in [1.165, 1.54) is 19.1 Å². The minimum absolute atomic E-state index is 0.00521. The number of nitrogens with one attached hydrogen (secondary N) is 1. The average molecular weight is 247 g/mol. The number of Topliss-reactive ketones (excluding diaryl/α,β-unsaturated/α-hetero) is 1. The van der Waals surface area contributed by atoms with Crippen LogP contribution < -0.4 is 5.32 Å². The maximum absolute atomic E-state index is 11.4. The fourth-order valence-electron chi connectivity index (χ4n) is 1.96. The molecule has 1 rings (SSSR count). The molecule has 1 atom stereocenters. The van der Waals surface area contributed by atoms with E-state index < -0.39 is 9.84 Å². The molecule has 1 N–H and O–H groups in total. The largest absolute Gasteiger partial charge is 0.316 e. The second kappa shape index (κ2) is 6.35. The molecule has 94 valence electrons. The molecule has 0 bridgehead atoms. The summed E-state index contributed by atoms with van der Waals surface area (Å²) in [5, 5.41) is 3.31. The van der Waals surface area contributed by atoms with Crippen LogP contribution in [0.25, 0.3) is 0 Å². The van der Waals surface area contributed by atoms with E-state index in [-0.39, 0.29) is 18.0 Å². The summed E-state index contributed by atoms with van der Waals surface area (Å²) in [5.74, 6) is 0.668. The molecule has 1 aliphatic rings. The molecule has 0 saturated carbocycles. The number of piperidine rings is 1. The van der Waals surface area contributed by atoms with Crippen molar-refractivity contribution in [1.29, 1.82) is 0 Å². The van der Waals surface area contributed by atoms with Gasteiger partial charge in [0.1, 0.15) is 15.6 Å². The number of sulfone groups is 1. The van der Waals surface area contributed by atoms with Gasteiger partial charge in [0.05, 0.1) is 5.75 Å². The van der Waals surface area contributed by atoms with E-state index >= 15 is 0 Å². The quantitative estimate of drug-likeness (QED) is 0.753. The molecule has 1 saturated heterocycles. The Balaban J connectivity index is 2.14. The second-order valence-electron chi connectivity index (χ2n) is 4.67. The second-order valence-corrected chi connectivity index (χ2v) is 6.93. The highest BCUT2D eigenvalue weighted by atomic mass is 32.2. The molecule has 5 heteroatoms. The van der Waals surface area contributed by atoms with E-state index in [0.717, 1.165) is 19.5 Å². The summed E-state index contributed by atoms with van der Waals surface area (Å²) in [5.41, 5.74) is 0. The van der Waals surface area contributed by atoms with E-state index in [2.05, 4.69) is 5.32 Å². The van der Waals surface area contributed by atoms with Gasteiger partial charge in [0.25, 0.3) is 0 Å². The van der Waals surface area contributed by atoms with Crippen LogP contribution in [0, 0.1) is 5.92 Å². The van der Waals surface area contributed by atoms with Crippen molar-refractivity contribution in [2.75, 3.05) is 25.1 Å². The van der Waals surface area contributed by atoms with Crippen molar-refractivity contribution < 1.29 is 13.2 Å². The van der Waals surface area contributed by atoms with Crippen LogP contribution in [0.5, 0.6) is 0 Å². The van der Waals surface area contributed by atoms with Gasteiger partial charge in [0.2, 0.25) is 0 Å². The molecule has 0 radical (unpaired) electrons. The first-order chi connectivity index (χ1) is 7.47.